The van der Waals surface area contributed by atoms with Crippen molar-refractivity contribution >= 4 is 16.0 Å². The van der Waals surface area contributed by atoms with Gasteiger partial charge in [0.2, 0.25) is 15.8 Å². The predicted molar refractivity (Wildman–Crippen MR) is 68.9 cm³/mol. The highest BCUT2D eigenvalue weighted by Gasteiger charge is 2.27. The Balaban J connectivity index is 2.08. The van der Waals surface area contributed by atoms with Crippen LogP contribution in [0.4, 0.5) is 0 Å². The Morgan fingerprint density at radius 2 is 2.20 bits per heavy atom. The largest absolute Gasteiger partial charge is 0.475 e. The number of carboxylic acids is 1. The topological polar surface area (TPSA) is 117 Å². The van der Waals surface area contributed by atoms with Gasteiger partial charge in [-0.1, -0.05) is 0 Å². The lowest BCUT2D eigenvalue weighted by Gasteiger charge is -2.10. The Morgan fingerprint density at radius 3 is 2.70 bits per heavy atom. The molecule has 2 rings (SSSR count). The van der Waals surface area contributed by atoms with Crippen LogP contribution < -0.4 is 4.72 Å². The highest BCUT2D eigenvalue weighted by atomic mass is 32.2. The minimum Gasteiger partial charge on any atom is -0.475 e. The van der Waals surface area contributed by atoms with Crippen molar-refractivity contribution in [1.82, 2.24) is 4.72 Å². The van der Waals surface area contributed by atoms with E-state index in [9.17, 15) is 18.3 Å². The van der Waals surface area contributed by atoms with E-state index in [1.54, 1.807) is 0 Å². The first-order chi connectivity index (χ1) is 9.29. The molecule has 1 fully saturated rings. The molecule has 0 bridgehead atoms. The predicted octanol–water partition coefficient (Wildman–Crippen LogP) is 0.726. The van der Waals surface area contributed by atoms with E-state index in [4.69, 9.17) is 9.52 Å². The average Bonchev–Trinajstić information content (AvgIpc) is 2.93. The molecule has 1 aromatic heterocycles. The van der Waals surface area contributed by atoms with Gasteiger partial charge in [-0.2, -0.15) is 0 Å². The number of carboxylic acid groups (broad SMARTS) is 1. The molecule has 112 valence electrons. The standard InChI is InChI=1S/C12H17NO6S/c1-7-11(5-10(19-7)12(15)16)20(17,18)13-6-8-2-3-9(14)4-8/h5,8-9,13-14H,2-4,6H2,1H3,(H,15,16). The van der Waals surface area contributed by atoms with E-state index < -0.39 is 21.8 Å². The van der Waals surface area contributed by atoms with Crippen LogP contribution in [-0.4, -0.2) is 37.2 Å². The van der Waals surface area contributed by atoms with Crippen LogP contribution in [0.25, 0.3) is 0 Å². The summed E-state index contributed by atoms with van der Waals surface area (Å²) < 4.78 is 31.5. The molecule has 2 unspecified atom stereocenters. The third kappa shape index (κ3) is 3.20. The molecular weight excluding hydrogens is 286 g/mol. The van der Waals surface area contributed by atoms with Gasteiger partial charge in [0.1, 0.15) is 10.7 Å². The van der Waals surface area contributed by atoms with Gasteiger partial charge in [0.05, 0.1) is 6.10 Å². The third-order valence-corrected chi connectivity index (χ3v) is 4.98. The van der Waals surface area contributed by atoms with Crippen LogP contribution in [0, 0.1) is 12.8 Å². The number of aryl methyl sites for hydroxylation is 1. The quantitative estimate of drug-likeness (QED) is 0.738. The molecule has 3 N–H and O–H groups in total. The van der Waals surface area contributed by atoms with Crippen molar-refractivity contribution in [2.45, 2.75) is 37.2 Å². The first-order valence-electron chi connectivity index (χ1n) is 6.31. The van der Waals surface area contributed by atoms with E-state index in [1.807, 2.05) is 0 Å². The number of furan rings is 1. The smallest absolute Gasteiger partial charge is 0.371 e. The van der Waals surface area contributed by atoms with E-state index in [1.165, 1.54) is 6.92 Å². The van der Waals surface area contributed by atoms with Crippen molar-refractivity contribution in [3.63, 3.8) is 0 Å². The molecule has 1 aliphatic carbocycles. The number of rotatable bonds is 5. The van der Waals surface area contributed by atoms with Gasteiger partial charge in [0.15, 0.2) is 0 Å². The van der Waals surface area contributed by atoms with Crippen LogP contribution in [0.3, 0.4) is 0 Å². The molecule has 1 aliphatic rings. The van der Waals surface area contributed by atoms with Gasteiger partial charge in [0, 0.05) is 12.6 Å². The third-order valence-electron chi connectivity index (χ3n) is 3.45. The maximum absolute atomic E-state index is 12.1. The van der Waals surface area contributed by atoms with Gasteiger partial charge in [0.25, 0.3) is 0 Å². The lowest BCUT2D eigenvalue weighted by molar-refractivity contribution is 0.0661. The van der Waals surface area contributed by atoms with Gasteiger partial charge in [-0.25, -0.2) is 17.9 Å². The maximum Gasteiger partial charge on any atom is 0.371 e. The van der Waals surface area contributed by atoms with E-state index >= 15 is 0 Å². The first-order valence-corrected chi connectivity index (χ1v) is 7.79. The van der Waals surface area contributed by atoms with Crippen LogP contribution in [-0.2, 0) is 10.0 Å². The van der Waals surface area contributed by atoms with Crippen molar-refractivity contribution in [1.29, 1.82) is 0 Å². The van der Waals surface area contributed by atoms with Gasteiger partial charge >= 0.3 is 5.97 Å². The summed E-state index contributed by atoms with van der Waals surface area (Å²) in [5.74, 6) is -1.57. The molecule has 0 aromatic carbocycles. The van der Waals surface area contributed by atoms with E-state index in [0.717, 1.165) is 12.5 Å². The fourth-order valence-corrected chi connectivity index (χ4v) is 3.67. The zero-order valence-electron chi connectivity index (χ0n) is 11.0. The number of hydrogen-bond acceptors (Lipinski definition) is 5. The molecule has 0 saturated heterocycles. The van der Waals surface area contributed by atoms with Crippen molar-refractivity contribution in [2.75, 3.05) is 6.54 Å². The number of nitrogens with one attached hydrogen (secondary N) is 1. The molecule has 0 aliphatic heterocycles. The molecule has 7 nitrogen and oxygen atoms in total. The van der Waals surface area contributed by atoms with Gasteiger partial charge in [-0.05, 0) is 32.1 Å². The summed E-state index contributed by atoms with van der Waals surface area (Å²) in [6, 6.07) is 1.00. The molecule has 0 amide bonds. The number of aliphatic hydroxyl groups excluding tert-OH is 1. The van der Waals surface area contributed by atoms with Gasteiger partial charge in [-0.15, -0.1) is 0 Å². The molecule has 1 aromatic rings. The molecule has 8 heteroatoms. The van der Waals surface area contributed by atoms with Crippen LogP contribution in [0.1, 0.15) is 35.6 Å². The lowest BCUT2D eigenvalue weighted by Crippen LogP contribution is -2.29. The summed E-state index contributed by atoms with van der Waals surface area (Å²) in [6.07, 6.45) is 1.67. The van der Waals surface area contributed by atoms with E-state index in [-0.39, 0.29) is 29.2 Å². The number of aliphatic hydroxyl groups is 1. The van der Waals surface area contributed by atoms with Crippen molar-refractivity contribution in [2.24, 2.45) is 5.92 Å². The second-order valence-corrected chi connectivity index (χ2v) is 6.76. The summed E-state index contributed by atoms with van der Waals surface area (Å²) in [5, 5.41) is 18.2. The maximum atomic E-state index is 12.1. The molecule has 0 radical (unpaired) electrons. The molecule has 1 heterocycles. The Bertz CT molecular complexity index is 605. The fourth-order valence-electron chi connectivity index (χ4n) is 2.38. The normalized spacial score (nSPS) is 23.1. The Kier molecular flexibility index (Phi) is 4.17. The second kappa shape index (κ2) is 5.55. The Hall–Kier alpha value is -1.38. The van der Waals surface area contributed by atoms with Gasteiger partial charge < -0.3 is 14.6 Å². The number of aromatic carboxylic acids is 1. The number of hydrogen-bond donors (Lipinski definition) is 3. The molecule has 20 heavy (non-hydrogen) atoms. The minimum absolute atomic E-state index is 0.0429. The van der Waals surface area contributed by atoms with Crippen molar-refractivity contribution in [3.8, 4) is 0 Å². The van der Waals surface area contributed by atoms with Crippen LogP contribution in [0.15, 0.2) is 15.4 Å². The summed E-state index contributed by atoms with van der Waals surface area (Å²) in [4.78, 5) is 10.6. The minimum atomic E-state index is -3.80. The van der Waals surface area contributed by atoms with Crippen molar-refractivity contribution in [3.05, 3.63) is 17.6 Å². The second-order valence-electron chi connectivity index (χ2n) is 5.02. The Labute approximate surface area is 116 Å². The van der Waals surface area contributed by atoms with Crippen LogP contribution in [0.5, 0.6) is 0 Å². The molecule has 1 saturated carbocycles. The van der Waals surface area contributed by atoms with Gasteiger partial charge in [-0.3, -0.25) is 0 Å². The Morgan fingerprint density at radius 1 is 1.50 bits per heavy atom. The highest BCUT2D eigenvalue weighted by Crippen LogP contribution is 2.26. The molecule has 2 atom stereocenters. The zero-order chi connectivity index (χ0) is 14.9. The molecular formula is C12H17NO6S. The van der Waals surface area contributed by atoms with Crippen molar-refractivity contribution < 1.29 is 27.8 Å². The van der Waals surface area contributed by atoms with E-state index in [2.05, 4.69) is 4.72 Å². The monoisotopic (exact) mass is 303 g/mol. The average molecular weight is 303 g/mol. The van der Waals surface area contributed by atoms with E-state index in [0.29, 0.717) is 12.8 Å². The SMILES string of the molecule is Cc1oc(C(=O)O)cc1S(=O)(=O)NCC1CCC(O)C1. The first kappa shape index (κ1) is 15.0. The summed E-state index contributed by atoms with van der Waals surface area (Å²) >= 11 is 0. The van der Waals surface area contributed by atoms with Crippen LogP contribution >= 0.6 is 0 Å². The highest BCUT2D eigenvalue weighted by molar-refractivity contribution is 7.89. The van der Waals surface area contributed by atoms with Crippen LogP contribution in [0.2, 0.25) is 0 Å². The summed E-state index contributed by atoms with van der Waals surface area (Å²) in [6.45, 7) is 1.63. The zero-order valence-corrected chi connectivity index (χ0v) is 11.8. The fraction of sp³-hybridized carbons (Fsp3) is 0.583. The molecule has 0 spiro atoms. The summed E-state index contributed by atoms with van der Waals surface area (Å²) in [5.41, 5.74) is 0. The summed E-state index contributed by atoms with van der Waals surface area (Å²) in [7, 11) is -3.80. The lowest BCUT2D eigenvalue weighted by atomic mass is 10.1. The number of carbonyl (C=O) groups is 1. The number of sulfonamides is 1.